The molecule has 0 bridgehead atoms. The summed E-state index contributed by atoms with van der Waals surface area (Å²) >= 11 is 0. The monoisotopic (exact) mass is 213 g/mol. The van der Waals surface area contributed by atoms with Crippen LogP contribution in [0.5, 0.6) is 0 Å². The summed E-state index contributed by atoms with van der Waals surface area (Å²) < 4.78 is 5.29. The number of aliphatic hydroxyl groups is 2. The van der Waals surface area contributed by atoms with Crippen molar-refractivity contribution < 1.29 is 14.6 Å². The van der Waals surface area contributed by atoms with Crippen molar-refractivity contribution in [1.82, 2.24) is 5.32 Å². The second-order valence-corrected chi connectivity index (χ2v) is 3.55. The minimum absolute atomic E-state index is 0.0610. The molecule has 1 rings (SSSR count). The van der Waals surface area contributed by atoms with E-state index in [2.05, 4.69) is 5.32 Å². The predicted molar refractivity (Wildman–Crippen MR) is 57.3 cm³/mol. The third-order valence-corrected chi connectivity index (χ3v) is 2.30. The molecule has 1 atom stereocenters. The fourth-order valence-corrected chi connectivity index (χ4v) is 1.29. The maximum absolute atomic E-state index is 9.30. The molecule has 3 N–H and O–H groups in total. The van der Waals surface area contributed by atoms with Crippen molar-refractivity contribution in [3.8, 4) is 0 Å². The Morgan fingerprint density at radius 3 is 2.73 bits per heavy atom. The van der Waals surface area contributed by atoms with E-state index in [-0.39, 0.29) is 12.7 Å². The first kappa shape index (κ1) is 12.2. The lowest BCUT2D eigenvalue weighted by molar-refractivity contribution is 0.159. The molecule has 0 aliphatic carbocycles. The number of aliphatic hydroxyl groups excluding tert-OH is 2. The van der Waals surface area contributed by atoms with E-state index in [4.69, 9.17) is 9.52 Å². The van der Waals surface area contributed by atoms with Crippen molar-refractivity contribution >= 4 is 0 Å². The molecule has 0 aromatic carbocycles. The van der Waals surface area contributed by atoms with Gasteiger partial charge in [0.1, 0.15) is 18.1 Å². The lowest BCUT2D eigenvalue weighted by atomic mass is 10.2. The van der Waals surface area contributed by atoms with Crippen molar-refractivity contribution in [1.29, 1.82) is 0 Å². The first-order valence-electron chi connectivity index (χ1n) is 5.33. The number of rotatable bonds is 7. The fourth-order valence-electron chi connectivity index (χ4n) is 1.29. The molecule has 1 aromatic heterocycles. The van der Waals surface area contributed by atoms with E-state index in [0.717, 1.165) is 25.1 Å². The van der Waals surface area contributed by atoms with Gasteiger partial charge in [-0.05, 0) is 31.5 Å². The highest BCUT2D eigenvalue weighted by Crippen LogP contribution is 2.07. The van der Waals surface area contributed by atoms with Gasteiger partial charge >= 0.3 is 0 Å². The van der Waals surface area contributed by atoms with E-state index in [1.807, 2.05) is 13.0 Å². The summed E-state index contributed by atoms with van der Waals surface area (Å²) in [6.07, 6.45) is 1.32. The van der Waals surface area contributed by atoms with Crippen molar-refractivity contribution in [2.45, 2.75) is 39.0 Å². The molecule has 0 saturated heterocycles. The normalized spacial score (nSPS) is 13.0. The van der Waals surface area contributed by atoms with Crippen LogP contribution in [0.25, 0.3) is 0 Å². The summed E-state index contributed by atoms with van der Waals surface area (Å²) in [4.78, 5) is 0. The summed E-state index contributed by atoms with van der Waals surface area (Å²) in [5.74, 6) is 1.39. The van der Waals surface area contributed by atoms with E-state index in [1.165, 1.54) is 0 Å². The summed E-state index contributed by atoms with van der Waals surface area (Å²) in [6, 6.07) is 3.60. The zero-order valence-electron chi connectivity index (χ0n) is 9.07. The van der Waals surface area contributed by atoms with Gasteiger partial charge in [0.05, 0.1) is 12.6 Å². The quantitative estimate of drug-likeness (QED) is 0.592. The summed E-state index contributed by atoms with van der Waals surface area (Å²) in [5, 5.41) is 21.2. The van der Waals surface area contributed by atoms with Crippen LogP contribution < -0.4 is 5.32 Å². The summed E-state index contributed by atoms with van der Waals surface area (Å²) in [5.41, 5.74) is 0. The number of hydrogen-bond acceptors (Lipinski definition) is 4. The maximum Gasteiger partial charge on any atom is 0.129 e. The van der Waals surface area contributed by atoms with Crippen LogP contribution in [-0.2, 0) is 13.2 Å². The Labute approximate surface area is 89.9 Å². The second kappa shape index (κ2) is 6.61. The van der Waals surface area contributed by atoms with Crippen LogP contribution in [0.15, 0.2) is 16.5 Å². The average Bonchev–Trinajstić information content (AvgIpc) is 2.72. The van der Waals surface area contributed by atoms with Crippen LogP contribution >= 0.6 is 0 Å². The maximum atomic E-state index is 9.30. The zero-order valence-corrected chi connectivity index (χ0v) is 9.07. The highest BCUT2D eigenvalue weighted by Gasteiger charge is 2.02. The molecule has 0 aliphatic heterocycles. The van der Waals surface area contributed by atoms with E-state index < -0.39 is 0 Å². The fraction of sp³-hybridized carbons (Fsp3) is 0.636. The Hall–Kier alpha value is -0.840. The van der Waals surface area contributed by atoms with Gasteiger partial charge in [-0.15, -0.1) is 0 Å². The Morgan fingerprint density at radius 2 is 2.13 bits per heavy atom. The van der Waals surface area contributed by atoms with Crippen LogP contribution in [0.2, 0.25) is 0 Å². The van der Waals surface area contributed by atoms with Gasteiger partial charge in [-0.2, -0.15) is 0 Å². The van der Waals surface area contributed by atoms with Crippen molar-refractivity contribution in [3.63, 3.8) is 0 Å². The Balaban J connectivity index is 2.14. The molecule has 0 radical (unpaired) electrons. The molecular formula is C11H19NO3. The average molecular weight is 213 g/mol. The van der Waals surface area contributed by atoms with E-state index in [1.54, 1.807) is 6.07 Å². The van der Waals surface area contributed by atoms with Gasteiger partial charge in [-0.25, -0.2) is 0 Å². The molecule has 1 heterocycles. The Bertz CT molecular complexity index is 273. The van der Waals surface area contributed by atoms with Crippen LogP contribution in [0.4, 0.5) is 0 Å². The standard InChI is InChI=1S/C11H19NO3/c1-2-9(14)5-6-12-7-10-3-4-11(8-13)15-10/h3-4,9,12-14H,2,5-8H2,1H3. The summed E-state index contributed by atoms with van der Waals surface area (Å²) in [6.45, 7) is 3.31. The van der Waals surface area contributed by atoms with Crippen LogP contribution in [0.1, 0.15) is 31.3 Å². The molecule has 1 aromatic rings. The molecule has 0 saturated carbocycles. The topological polar surface area (TPSA) is 65.6 Å². The van der Waals surface area contributed by atoms with Crippen LogP contribution in [0, 0.1) is 0 Å². The third-order valence-electron chi connectivity index (χ3n) is 2.30. The van der Waals surface area contributed by atoms with Crippen LogP contribution in [0.3, 0.4) is 0 Å². The third kappa shape index (κ3) is 4.46. The van der Waals surface area contributed by atoms with E-state index in [9.17, 15) is 5.11 Å². The lowest BCUT2D eigenvalue weighted by Crippen LogP contribution is -2.19. The zero-order chi connectivity index (χ0) is 11.1. The molecule has 0 aliphatic rings. The van der Waals surface area contributed by atoms with Crippen molar-refractivity contribution in [2.24, 2.45) is 0 Å². The van der Waals surface area contributed by atoms with Crippen molar-refractivity contribution in [2.75, 3.05) is 6.54 Å². The van der Waals surface area contributed by atoms with Crippen LogP contribution in [-0.4, -0.2) is 22.9 Å². The Morgan fingerprint density at radius 1 is 1.40 bits per heavy atom. The second-order valence-electron chi connectivity index (χ2n) is 3.55. The van der Waals surface area contributed by atoms with Gasteiger partial charge in [0.2, 0.25) is 0 Å². The van der Waals surface area contributed by atoms with Gasteiger partial charge < -0.3 is 19.9 Å². The summed E-state index contributed by atoms with van der Waals surface area (Å²) in [7, 11) is 0. The number of nitrogens with one attached hydrogen (secondary N) is 1. The van der Waals surface area contributed by atoms with Crippen molar-refractivity contribution in [3.05, 3.63) is 23.7 Å². The van der Waals surface area contributed by atoms with Gasteiger partial charge in [-0.3, -0.25) is 0 Å². The minimum atomic E-state index is -0.220. The molecule has 4 nitrogen and oxygen atoms in total. The predicted octanol–water partition coefficient (Wildman–Crippen LogP) is 1.02. The van der Waals surface area contributed by atoms with E-state index in [0.29, 0.717) is 12.3 Å². The highest BCUT2D eigenvalue weighted by molar-refractivity contribution is 5.05. The minimum Gasteiger partial charge on any atom is -0.462 e. The SMILES string of the molecule is CCC(O)CCNCc1ccc(CO)o1. The first-order valence-corrected chi connectivity index (χ1v) is 5.33. The molecule has 0 fully saturated rings. The number of furan rings is 1. The van der Waals surface area contributed by atoms with Gasteiger partial charge in [-0.1, -0.05) is 6.92 Å². The molecule has 0 spiro atoms. The molecular weight excluding hydrogens is 194 g/mol. The van der Waals surface area contributed by atoms with Gasteiger partial charge in [0.15, 0.2) is 0 Å². The largest absolute Gasteiger partial charge is 0.462 e. The molecule has 0 amide bonds. The lowest BCUT2D eigenvalue weighted by Gasteiger charge is -2.07. The first-order chi connectivity index (χ1) is 7.26. The Kier molecular flexibility index (Phi) is 5.39. The van der Waals surface area contributed by atoms with Gasteiger partial charge in [0.25, 0.3) is 0 Å². The molecule has 1 unspecified atom stereocenters. The number of hydrogen-bond donors (Lipinski definition) is 3. The molecule has 15 heavy (non-hydrogen) atoms. The smallest absolute Gasteiger partial charge is 0.129 e. The van der Waals surface area contributed by atoms with E-state index >= 15 is 0 Å². The molecule has 86 valence electrons. The highest BCUT2D eigenvalue weighted by atomic mass is 16.4. The molecule has 4 heteroatoms. The van der Waals surface area contributed by atoms with Gasteiger partial charge in [0, 0.05) is 0 Å².